The molecule has 0 aliphatic heterocycles. The molecule has 0 saturated heterocycles. The highest BCUT2D eigenvalue weighted by molar-refractivity contribution is 8.03. The highest BCUT2D eigenvalue weighted by atomic mass is 35.6. The Kier molecular flexibility index (Phi) is 6.94. The number of carbonyl (C=O) groups excluding carboxylic acids is 1. The molecule has 0 aromatic heterocycles. The van der Waals surface area contributed by atoms with Gasteiger partial charge in [0, 0.05) is 23.9 Å². The second-order valence-electron chi connectivity index (χ2n) is 3.47. The Morgan fingerprint density at radius 3 is 2.50 bits per heavy atom. The summed E-state index contributed by atoms with van der Waals surface area (Å²) < 4.78 is -0.716. The SMILES string of the molecule is CN(SC(Cl)(Cl)Cl)C(=O)ON=CC(C)(C)N=[N+]=[N-]. The van der Waals surface area contributed by atoms with E-state index in [-0.39, 0.29) is 0 Å². The van der Waals surface area contributed by atoms with E-state index in [9.17, 15) is 4.79 Å². The summed E-state index contributed by atoms with van der Waals surface area (Å²) in [6, 6.07) is 0. The zero-order valence-corrected chi connectivity index (χ0v) is 12.8. The largest absolute Gasteiger partial charge is 0.445 e. The van der Waals surface area contributed by atoms with E-state index in [2.05, 4.69) is 20.0 Å². The van der Waals surface area contributed by atoms with Gasteiger partial charge < -0.3 is 0 Å². The van der Waals surface area contributed by atoms with Crippen LogP contribution in [0.4, 0.5) is 4.79 Å². The van der Waals surface area contributed by atoms with Gasteiger partial charge in [-0.1, -0.05) is 45.1 Å². The first-order valence-electron chi connectivity index (χ1n) is 4.39. The van der Waals surface area contributed by atoms with Crippen LogP contribution >= 0.6 is 46.8 Å². The summed E-state index contributed by atoms with van der Waals surface area (Å²) in [6.45, 7) is 3.17. The summed E-state index contributed by atoms with van der Waals surface area (Å²) in [5, 5.41) is 6.80. The fourth-order valence-corrected chi connectivity index (χ4v) is 1.94. The number of rotatable bonds is 4. The molecular formula is C7H10Cl3N5O2S. The first kappa shape index (κ1) is 17.5. The Hall–Kier alpha value is -0.530. The first-order chi connectivity index (χ1) is 8.07. The molecule has 0 unspecified atom stereocenters. The van der Waals surface area contributed by atoms with E-state index >= 15 is 0 Å². The van der Waals surface area contributed by atoms with E-state index in [0.717, 1.165) is 4.31 Å². The van der Waals surface area contributed by atoms with Crippen LogP contribution in [0.25, 0.3) is 10.4 Å². The number of alkyl halides is 3. The summed E-state index contributed by atoms with van der Waals surface area (Å²) >= 11 is 17.0. The van der Waals surface area contributed by atoms with Crippen molar-refractivity contribution in [2.24, 2.45) is 10.3 Å². The minimum Gasteiger partial charge on any atom is -0.298 e. The molecule has 0 N–H and O–H groups in total. The van der Waals surface area contributed by atoms with Crippen molar-refractivity contribution in [2.75, 3.05) is 7.05 Å². The fraction of sp³-hybridized carbons (Fsp3) is 0.714. The minimum atomic E-state index is -1.68. The summed E-state index contributed by atoms with van der Waals surface area (Å²) in [7, 11) is 1.35. The van der Waals surface area contributed by atoms with Crippen LogP contribution in [0.2, 0.25) is 0 Å². The van der Waals surface area contributed by atoms with E-state index in [0.29, 0.717) is 11.9 Å². The topological polar surface area (TPSA) is 90.7 Å². The first-order valence-corrected chi connectivity index (χ1v) is 6.29. The number of carbonyl (C=O) groups is 1. The Morgan fingerprint density at radius 1 is 1.50 bits per heavy atom. The van der Waals surface area contributed by atoms with Crippen molar-refractivity contribution in [1.29, 1.82) is 0 Å². The molecule has 1 amide bonds. The van der Waals surface area contributed by atoms with Crippen molar-refractivity contribution in [3.05, 3.63) is 10.4 Å². The lowest BCUT2D eigenvalue weighted by atomic mass is 10.1. The summed E-state index contributed by atoms with van der Waals surface area (Å²) in [5.74, 6) is 0. The molecule has 0 aliphatic rings. The van der Waals surface area contributed by atoms with Gasteiger partial charge in [0.05, 0.1) is 11.8 Å². The van der Waals surface area contributed by atoms with Crippen molar-refractivity contribution < 1.29 is 9.63 Å². The van der Waals surface area contributed by atoms with Gasteiger partial charge in [0.15, 0.2) is 0 Å². The van der Waals surface area contributed by atoms with Gasteiger partial charge in [-0.15, -0.1) is 0 Å². The lowest BCUT2D eigenvalue weighted by molar-refractivity contribution is 0.137. The van der Waals surface area contributed by atoms with Gasteiger partial charge in [0.1, 0.15) is 0 Å². The Labute approximate surface area is 123 Å². The minimum absolute atomic E-state index is 0.632. The van der Waals surface area contributed by atoms with Gasteiger partial charge in [0.2, 0.25) is 0 Å². The Morgan fingerprint density at radius 2 is 2.06 bits per heavy atom. The molecule has 0 rings (SSSR count). The summed E-state index contributed by atoms with van der Waals surface area (Å²) in [4.78, 5) is 18.5. The normalized spacial score (nSPS) is 12.1. The highest BCUT2D eigenvalue weighted by Crippen LogP contribution is 2.40. The van der Waals surface area contributed by atoms with Crippen LogP contribution in [0.1, 0.15) is 13.8 Å². The molecule has 0 aromatic carbocycles. The van der Waals surface area contributed by atoms with E-state index in [1.807, 2.05) is 0 Å². The quantitative estimate of drug-likeness (QED) is 0.113. The third-order valence-electron chi connectivity index (χ3n) is 1.30. The van der Waals surface area contributed by atoms with Gasteiger partial charge in [-0.2, -0.15) is 0 Å². The number of hydrogen-bond acceptors (Lipinski definition) is 5. The number of halogens is 3. The van der Waals surface area contributed by atoms with Crippen molar-refractivity contribution in [3.8, 4) is 0 Å². The molecule has 0 spiro atoms. The highest BCUT2D eigenvalue weighted by Gasteiger charge is 2.27. The molecule has 0 bridgehead atoms. The molecule has 0 fully saturated rings. The number of hydrogen-bond donors (Lipinski definition) is 0. The Balaban J connectivity index is 4.34. The van der Waals surface area contributed by atoms with Gasteiger partial charge >= 0.3 is 6.09 Å². The standard InChI is InChI=1S/C7H10Cl3N5O2S/c1-6(2,13-14-11)4-12-17-5(16)15(3)18-7(8,9)10/h4H,1-3H3. The maximum absolute atomic E-state index is 11.4. The Bertz CT molecular complexity index is 378. The molecule has 18 heavy (non-hydrogen) atoms. The summed E-state index contributed by atoms with van der Waals surface area (Å²) in [6.07, 6.45) is 0.345. The predicted octanol–water partition coefficient (Wildman–Crippen LogP) is 4.11. The number of oxime groups is 1. The predicted molar refractivity (Wildman–Crippen MR) is 73.8 cm³/mol. The lowest BCUT2D eigenvalue weighted by Crippen LogP contribution is -2.23. The zero-order valence-electron chi connectivity index (χ0n) is 9.67. The fourth-order valence-electron chi connectivity index (χ4n) is 0.592. The van der Waals surface area contributed by atoms with Crippen LogP contribution in [0.15, 0.2) is 10.3 Å². The van der Waals surface area contributed by atoms with Gasteiger partial charge in [0.25, 0.3) is 3.12 Å². The monoisotopic (exact) mass is 333 g/mol. The molecule has 0 aromatic rings. The van der Waals surface area contributed by atoms with Crippen LogP contribution < -0.4 is 0 Å². The van der Waals surface area contributed by atoms with E-state index in [1.165, 1.54) is 13.3 Å². The third kappa shape index (κ3) is 8.54. The molecule has 11 heteroatoms. The number of nitrogens with zero attached hydrogens (tertiary/aromatic N) is 5. The van der Waals surface area contributed by atoms with Crippen molar-refractivity contribution in [2.45, 2.75) is 22.5 Å². The average Bonchev–Trinajstić information content (AvgIpc) is 2.14. The zero-order chi connectivity index (χ0) is 14.4. The molecule has 0 saturated carbocycles. The van der Waals surface area contributed by atoms with Gasteiger partial charge in [-0.25, -0.2) is 9.10 Å². The van der Waals surface area contributed by atoms with Crippen LogP contribution in [0.5, 0.6) is 0 Å². The average molecular weight is 335 g/mol. The third-order valence-corrected chi connectivity index (χ3v) is 2.55. The number of amides is 1. The van der Waals surface area contributed by atoms with Crippen molar-refractivity contribution in [1.82, 2.24) is 4.31 Å². The van der Waals surface area contributed by atoms with E-state index < -0.39 is 14.8 Å². The van der Waals surface area contributed by atoms with Crippen LogP contribution in [-0.2, 0) is 4.84 Å². The van der Waals surface area contributed by atoms with Gasteiger partial charge in [-0.3, -0.25) is 4.84 Å². The molecule has 0 radical (unpaired) electrons. The second-order valence-corrected chi connectivity index (χ2v) is 7.77. The lowest BCUT2D eigenvalue weighted by Gasteiger charge is -2.18. The van der Waals surface area contributed by atoms with E-state index in [4.69, 9.17) is 40.3 Å². The number of azide groups is 1. The molecule has 102 valence electrons. The maximum Gasteiger partial charge on any atom is 0.445 e. The molecule has 0 atom stereocenters. The molecular weight excluding hydrogens is 325 g/mol. The molecule has 0 heterocycles. The van der Waals surface area contributed by atoms with Crippen molar-refractivity contribution >= 4 is 59.1 Å². The van der Waals surface area contributed by atoms with E-state index in [1.54, 1.807) is 13.8 Å². The van der Waals surface area contributed by atoms with Crippen LogP contribution in [-0.4, -0.2) is 32.3 Å². The van der Waals surface area contributed by atoms with Crippen molar-refractivity contribution in [3.63, 3.8) is 0 Å². The van der Waals surface area contributed by atoms with Crippen LogP contribution in [0.3, 0.4) is 0 Å². The summed E-state index contributed by atoms with van der Waals surface area (Å²) in [5.41, 5.74) is 7.35. The second kappa shape index (κ2) is 7.16. The molecule has 7 nitrogen and oxygen atoms in total. The smallest absolute Gasteiger partial charge is 0.298 e. The molecule has 0 aliphatic carbocycles. The van der Waals surface area contributed by atoms with Gasteiger partial charge in [-0.05, 0) is 19.4 Å². The van der Waals surface area contributed by atoms with Crippen LogP contribution in [0, 0.1) is 0 Å². The maximum atomic E-state index is 11.4.